The normalized spacial score (nSPS) is 19.8. The maximum Gasteiger partial charge on any atom is 0.295 e. The van der Waals surface area contributed by atoms with Gasteiger partial charge in [0, 0.05) is 37.3 Å². The van der Waals surface area contributed by atoms with Crippen LogP contribution in [0.15, 0.2) is 42.0 Å². The number of carbonyl (C=O) groups excluding carboxylic acids is 2. The van der Waals surface area contributed by atoms with Crippen LogP contribution >= 0.6 is 0 Å². The number of carbonyl (C=O) groups is 2. The molecule has 1 atom stereocenters. The summed E-state index contributed by atoms with van der Waals surface area (Å²) in [4.78, 5) is 30.6. The summed E-state index contributed by atoms with van der Waals surface area (Å²) in [7, 11) is 4.64. The first-order valence-electron chi connectivity index (χ1n) is 12.3. The summed E-state index contributed by atoms with van der Waals surface area (Å²) >= 11 is 0. The molecule has 2 aliphatic heterocycles. The lowest BCUT2D eigenvalue weighted by atomic mass is 9.93. The highest BCUT2D eigenvalue weighted by Gasteiger charge is 2.47. The van der Waals surface area contributed by atoms with E-state index in [0.29, 0.717) is 60.1 Å². The molecule has 0 bridgehead atoms. The molecule has 9 nitrogen and oxygen atoms in total. The molecule has 0 spiro atoms. The summed E-state index contributed by atoms with van der Waals surface area (Å²) < 4.78 is 21.8. The van der Waals surface area contributed by atoms with E-state index in [4.69, 9.17) is 18.9 Å². The zero-order chi connectivity index (χ0) is 26.5. The van der Waals surface area contributed by atoms with Gasteiger partial charge in [0.25, 0.3) is 11.7 Å². The van der Waals surface area contributed by atoms with Crippen LogP contribution in [0.1, 0.15) is 29.2 Å². The van der Waals surface area contributed by atoms with Gasteiger partial charge in [0.1, 0.15) is 23.0 Å². The standard InChI is InChI=1S/C28H34N2O7/c1-18-16-19(34-2)6-8-21(18)26(31)24-25(22-17-20(35-3)7-9-23(22)36-4)30(28(33)27(24)32)11-5-10-29-12-14-37-15-13-29/h6-9,16-17,25,31H,5,10-15H2,1-4H3/t25-/m1/s1. The fraction of sp³-hybridized carbons (Fsp3) is 0.429. The summed E-state index contributed by atoms with van der Waals surface area (Å²) in [6, 6.07) is 9.57. The lowest BCUT2D eigenvalue weighted by Crippen LogP contribution is -2.39. The number of rotatable bonds is 9. The molecule has 37 heavy (non-hydrogen) atoms. The van der Waals surface area contributed by atoms with Gasteiger partial charge in [-0.3, -0.25) is 14.5 Å². The number of aliphatic hydroxyl groups is 1. The van der Waals surface area contributed by atoms with Crippen LogP contribution in [0.3, 0.4) is 0 Å². The Morgan fingerprint density at radius 3 is 2.30 bits per heavy atom. The van der Waals surface area contributed by atoms with E-state index < -0.39 is 17.7 Å². The number of likely N-dealkylation sites (tertiary alicyclic amines) is 1. The minimum Gasteiger partial charge on any atom is -0.507 e. The number of methoxy groups -OCH3 is 3. The Kier molecular flexibility index (Phi) is 8.35. The molecule has 1 N–H and O–H groups in total. The molecule has 4 rings (SSSR count). The molecule has 9 heteroatoms. The summed E-state index contributed by atoms with van der Waals surface area (Å²) in [6.07, 6.45) is 0.664. The highest BCUT2D eigenvalue weighted by molar-refractivity contribution is 6.46. The second-order valence-electron chi connectivity index (χ2n) is 9.09. The highest BCUT2D eigenvalue weighted by Crippen LogP contribution is 2.44. The van der Waals surface area contributed by atoms with Crippen LogP contribution in [0.2, 0.25) is 0 Å². The average Bonchev–Trinajstić information content (AvgIpc) is 3.17. The number of benzene rings is 2. The van der Waals surface area contributed by atoms with Crippen molar-refractivity contribution in [3.05, 3.63) is 58.7 Å². The molecule has 0 radical (unpaired) electrons. The molecular weight excluding hydrogens is 476 g/mol. The van der Waals surface area contributed by atoms with Crippen LogP contribution < -0.4 is 14.2 Å². The van der Waals surface area contributed by atoms with Crippen LogP contribution in [0.4, 0.5) is 0 Å². The number of morpholine rings is 1. The monoisotopic (exact) mass is 510 g/mol. The molecule has 0 aromatic heterocycles. The van der Waals surface area contributed by atoms with E-state index in [1.807, 2.05) is 6.92 Å². The number of ether oxygens (including phenoxy) is 4. The third kappa shape index (κ3) is 5.42. The van der Waals surface area contributed by atoms with Crippen molar-refractivity contribution in [3.63, 3.8) is 0 Å². The Morgan fingerprint density at radius 2 is 1.65 bits per heavy atom. The topological polar surface area (TPSA) is 97.8 Å². The fourth-order valence-corrected chi connectivity index (χ4v) is 4.95. The summed E-state index contributed by atoms with van der Waals surface area (Å²) in [5.41, 5.74) is 1.77. The highest BCUT2D eigenvalue weighted by atomic mass is 16.5. The van der Waals surface area contributed by atoms with Crippen molar-refractivity contribution >= 4 is 17.4 Å². The molecule has 2 saturated heterocycles. The number of Topliss-reactive ketones (excluding diaryl/α,β-unsaturated/α-hetero) is 1. The van der Waals surface area contributed by atoms with Crippen molar-refractivity contribution in [2.75, 3.05) is 60.7 Å². The van der Waals surface area contributed by atoms with E-state index in [0.717, 1.165) is 19.6 Å². The maximum absolute atomic E-state index is 13.4. The molecule has 0 aliphatic carbocycles. The van der Waals surface area contributed by atoms with Crippen LogP contribution in [0.5, 0.6) is 17.2 Å². The second kappa shape index (κ2) is 11.7. The maximum atomic E-state index is 13.4. The number of aryl methyl sites for hydroxylation is 1. The molecule has 0 saturated carbocycles. The first kappa shape index (κ1) is 26.5. The number of amides is 1. The first-order chi connectivity index (χ1) is 17.9. The van der Waals surface area contributed by atoms with E-state index >= 15 is 0 Å². The smallest absolute Gasteiger partial charge is 0.295 e. The fourth-order valence-electron chi connectivity index (χ4n) is 4.95. The zero-order valence-corrected chi connectivity index (χ0v) is 21.8. The van der Waals surface area contributed by atoms with Crippen molar-refractivity contribution in [1.29, 1.82) is 0 Å². The third-order valence-corrected chi connectivity index (χ3v) is 6.94. The molecule has 198 valence electrons. The zero-order valence-electron chi connectivity index (χ0n) is 21.8. The van der Waals surface area contributed by atoms with E-state index in [-0.39, 0.29) is 11.3 Å². The third-order valence-electron chi connectivity index (χ3n) is 6.94. The van der Waals surface area contributed by atoms with Gasteiger partial charge in [0.05, 0.1) is 46.2 Å². The lowest BCUT2D eigenvalue weighted by Gasteiger charge is -2.29. The van der Waals surface area contributed by atoms with E-state index in [2.05, 4.69) is 4.90 Å². The summed E-state index contributed by atoms with van der Waals surface area (Å²) in [6.45, 7) is 5.97. The molecule has 2 heterocycles. The van der Waals surface area contributed by atoms with Gasteiger partial charge in [-0.15, -0.1) is 0 Å². The summed E-state index contributed by atoms with van der Waals surface area (Å²) in [5.74, 6) is 0.0600. The Balaban J connectivity index is 1.78. The molecule has 1 amide bonds. The molecule has 0 unspecified atom stereocenters. The van der Waals surface area contributed by atoms with E-state index in [1.54, 1.807) is 50.6 Å². The largest absolute Gasteiger partial charge is 0.507 e. The lowest BCUT2D eigenvalue weighted by molar-refractivity contribution is -0.140. The van der Waals surface area contributed by atoms with Gasteiger partial charge < -0.3 is 29.0 Å². The van der Waals surface area contributed by atoms with Gasteiger partial charge in [-0.25, -0.2) is 0 Å². The van der Waals surface area contributed by atoms with Gasteiger partial charge in [0.2, 0.25) is 0 Å². The Hall–Kier alpha value is -3.56. The van der Waals surface area contributed by atoms with Crippen LogP contribution in [-0.2, 0) is 14.3 Å². The number of nitrogens with zero attached hydrogens (tertiary/aromatic N) is 2. The van der Waals surface area contributed by atoms with Gasteiger partial charge in [0.15, 0.2) is 0 Å². The van der Waals surface area contributed by atoms with Gasteiger partial charge in [-0.05, 0) is 55.3 Å². The molecule has 2 fully saturated rings. The minimum absolute atomic E-state index is 0.0243. The quantitative estimate of drug-likeness (QED) is 0.312. The number of hydrogen-bond donors (Lipinski definition) is 1. The Bertz CT molecular complexity index is 1190. The molecule has 2 aromatic carbocycles. The first-order valence-corrected chi connectivity index (χ1v) is 12.3. The van der Waals surface area contributed by atoms with Gasteiger partial charge in [-0.1, -0.05) is 0 Å². The Labute approximate surface area is 217 Å². The average molecular weight is 511 g/mol. The van der Waals surface area contributed by atoms with Crippen molar-refractivity contribution in [1.82, 2.24) is 9.80 Å². The van der Waals surface area contributed by atoms with E-state index in [9.17, 15) is 14.7 Å². The molecular formula is C28H34N2O7. The Morgan fingerprint density at radius 1 is 0.973 bits per heavy atom. The minimum atomic E-state index is -0.837. The number of ketones is 1. The van der Waals surface area contributed by atoms with E-state index in [1.165, 1.54) is 12.0 Å². The summed E-state index contributed by atoms with van der Waals surface area (Å²) in [5, 5.41) is 11.5. The van der Waals surface area contributed by atoms with Crippen LogP contribution in [0.25, 0.3) is 5.76 Å². The number of aliphatic hydroxyl groups excluding tert-OH is 1. The molecule has 2 aliphatic rings. The second-order valence-corrected chi connectivity index (χ2v) is 9.09. The predicted molar refractivity (Wildman–Crippen MR) is 138 cm³/mol. The molecule has 2 aromatic rings. The van der Waals surface area contributed by atoms with Crippen molar-refractivity contribution in [2.45, 2.75) is 19.4 Å². The predicted octanol–water partition coefficient (Wildman–Crippen LogP) is 3.16. The number of hydrogen-bond acceptors (Lipinski definition) is 8. The van der Waals surface area contributed by atoms with Crippen molar-refractivity contribution < 1.29 is 33.6 Å². The van der Waals surface area contributed by atoms with Crippen molar-refractivity contribution in [3.8, 4) is 17.2 Å². The van der Waals surface area contributed by atoms with Gasteiger partial charge in [-0.2, -0.15) is 0 Å². The SMILES string of the molecule is COc1ccc(C(O)=C2C(=O)C(=O)N(CCCN3CCOCC3)[C@@H]2c2cc(OC)ccc2OC)c(C)c1. The van der Waals surface area contributed by atoms with Crippen LogP contribution in [0, 0.1) is 6.92 Å². The van der Waals surface area contributed by atoms with Crippen LogP contribution in [-0.4, -0.2) is 87.3 Å². The van der Waals surface area contributed by atoms with Gasteiger partial charge >= 0.3 is 0 Å². The van der Waals surface area contributed by atoms with Crippen molar-refractivity contribution in [2.24, 2.45) is 0 Å².